The van der Waals surface area contributed by atoms with E-state index >= 15 is 0 Å². The zero-order valence-corrected chi connectivity index (χ0v) is 18.3. The monoisotopic (exact) mass is 372 g/mol. The van der Waals surface area contributed by atoms with E-state index in [9.17, 15) is 0 Å². The van der Waals surface area contributed by atoms with Gasteiger partial charge >= 0.3 is 0 Å². The van der Waals surface area contributed by atoms with Crippen molar-refractivity contribution in [3.05, 3.63) is 77.5 Å². The Kier molecular flexibility index (Phi) is 6.03. The smallest absolute Gasteiger partial charge is 0.200 e. The second-order valence-electron chi connectivity index (χ2n) is 8.39. The molecule has 146 valence electrons. The number of aromatic nitrogens is 1. The van der Waals surface area contributed by atoms with Crippen molar-refractivity contribution in [1.82, 2.24) is 0 Å². The van der Waals surface area contributed by atoms with Crippen molar-refractivity contribution >= 4 is 0 Å². The Morgan fingerprint density at radius 2 is 1.54 bits per heavy atom. The Hall–Kier alpha value is -2.41. The molecule has 0 aliphatic heterocycles. The van der Waals surface area contributed by atoms with Crippen LogP contribution in [0, 0.1) is 13.8 Å². The molecule has 1 atom stereocenters. The van der Waals surface area contributed by atoms with Crippen molar-refractivity contribution in [2.45, 2.75) is 59.3 Å². The van der Waals surface area contributed by atoms with Crippen LogP contribution < -0.4 is 4.57 Å². The summed E-state index contributed by atoms with van der Waals surface area (Å²) in [7, 11) is 2.17. The lowest BCUT2D eigenvalue weighted by atomic mass is 9.74. The van der Waals surface area contributed by atoms with Gasteiger partial charge in [0.25, 0.3) is 0 Å². The molecule has 0 amide bonds. The van der Waals surface area contributed by atoms with Gasteiger partial charge in [-0.25, -0.2) is 4.57 Å². The fourth-order valence-electron chi connectivity index (χ4n) is 4.59. The first-order valence-electron chi connectivity index (χ1n) is 10.6. The molecule has 0 spiro atoms. The number of rotatable bonds is 6. The Morgan fingerprint density at radius 3 is 2.14 bits per heavy atom. The van der Waals surface area contributed by atoms with Gasteiger partial charge in [0.1, 0.15) is 7.05 Å². The zero-order valence-electron chi connectivity index (χ0n) is 18.3. The molecule has 1 heteroatoms. The van der Waals surface area contributed by atoms with Crippen LogP contribution in [0.1, 0.15) is 56.7 Å². The van der Waals surface area contributed by atoms with E-state index in [1.807, 2.05) is 0 Å². The molecule has 0 fully saturated rings. The lowest BCUT2D eigenvalue weighted by Crippen LogP contribution is -2.32. The van der Waals surface area contributed by atoms with Crippen LogP contribution in [0.25, 0.3) is 22.4 Å². The lowest BCUT2D eigenvalue weighted by molar-refractivity contribution is -0.659. The molecule has 1 nitrogen and oxygen atoms in total. The number of aryl methyl sites for hydroxylation is 3. The third-order valence-corrected chi connectivity index (χ3v) is 6.34. The van der Waals surface area contributed by atoms with E-state index in [1.54, 1.807) is 0 Å². The van der Waals surface area contributed by atoms with Crippen molar-refractivity contribution in [3.8, 4) is 22.4 Å². The molecule has 0 saturated heterocycles. The molecular formula is C27H34N+. The minimum atomic E-state index is 0.212. The Balaban J connectivity index is 2.12. The van der Waals surface area contributed by atoms with Crippen LogP contribution in [0.2, 0.25) is 0 Å². The fourth-order valence-corrected chi connectivity index (χ4v) is 4.59. The highest BCUT2D eigenvalue weighted by Crippen LogP contribution is 2.38. The average Bonchev–Trinajstić information content (AvgIpc) is 2.68. The van der Waals surface area contributed by atoms with Gasteiger partial charge in [-0.2, -0.15) is 0 Å². The summed E-state index contributed by atoms with van der Waals surface area (Å²) in [6, 6.07) is 20.1. The van der Waals surface area contributed by atoms with Crippen LogP contribution in [0.5, 0.6) is 0 Å². The average molecular weight is 373 g/mol. The van der Waals surface area contributed by atoms with Crippen LogP contribution in [-0.2, 0) is 12.5 Å². The maximum absolute atomic E-state index is 2.42. The summed E-state index contributed by atoms with van der Waals surface area (Å²) in [5.74, 6) is 0. The van der Waals surface area contributed by atoms with Gasteiger partial charge in [0.05, 0.1) is 0 Å². The summed E-state index contributed by atoms with van der Waals surface area (Å²) in [6.07, 6.45) is 5.85. The van der Waals surface area contributed by atoms with Gasteiger partial charge < -0.3 is 0 Å². The highest BCUT2D eigenvalue weighted by atomic mass is 14.9. The van der Waals surface area contributed by atoms with E-state index in [4.69, 9.17) is 0 Å². The van der Waals surface area contributed by atoms with Crippen molar-refractivity contribution in [3.63, 3.8) is 0 Å². The molecular weight excluding hydrogens is 338 g/mol. The highest BCUT2D eigenvalue weighted by molar-refractivity contribution is 5.71. The number of hydrogen-bond acceptors (Lipinski definition) is 0. The van der Waals surface area contributed by atoms with E-state index in [-0.39, 0.29) is 5.41 Å². The summed E-state index contributed by atoms with van der Waals surface area (Å²) >= 11 is 0. The number of nitrogens with zero attached hydrogens (tertiary/aromatic N) is 1. The molecule has 28 heavy (non-hydrogen) atoms. The summed E-state index contributed by atoms with van der Waals surface area (Å²) in [6.45, 7) is 11.4. The molecule has 3 rings (SSSR count). The second-order valence-corrected chi connectivity index (χ2v) is 8.39. The van der Waals surface area contributed by atoms with Gasteiger partial charge in [-0.15, -0.1) is 0 Å². The zero-order chi connectivity index (χ0) is 20.3. The minimum absolute atomic E-state index is 0.212. The first kappa shape index (κ1) is 20.3. The first-order valence-corrected chi connectivity index (χ1v) is 10.6. The molecule has 0 radical (unpaired) electrons. The summed E-state index contributed by atoms with van der Waals surface area (Å²) in [4.78, 5) is 0. The third kappa shape index (κ3) is 3.76. The van der Waals surface area contributed by atoms with Crippen molar-refractivity contribution in [2.24, 2.45) is 7.05 Å². The van der Waals surface area contributed by atoms with Gasteiger partial charge in [0.15, 0.2) is 6.20 Å². The highest BCUT2D eigenvalue weighted by Gasteiger charge is 2.28. The van der Waals surface area contributed by atoms with Crippen LogP contribution in [-0.4, -0.2) is 0 Å². The van der Waals surface area contributed by atoms with E-state index in [1.165, 1.54) is 51.9 Å². The lowest BCUT2D eigenvalue weighted by Gasteiger charge is -2.30. The quantitative estimate of drug-likeness (QED) is 0.413. The maximum Gasteiger partial charge on any atom is 0.212 e. The van der Waals surface area contributed by atoms with E-state index in [2.05, 4.69) is 107 Å². The summed E-state index contributed by atoms with van der Waals surface area (Å²) < 4.78 is 2.29. The van der Waals surface area contributed by atoms with Crippen LogP contribution in [0.3, 0.4) is 0 Å². The minimum Gasteiger partial charge on any atom is -0.200 e. The molecule has 2 aromatic carbocycles. The standard InChI is InChI=1S/C27H34N/c1-7-18-27(5,8-2)24-15-10-9-14-23(24)25-17-16-22(19-28(25)6)26-20(3)12-11-13-21(26)4/h9-17,19H,7-8,18H2,1-6H3/q+1. The topological polar surface area (TPSA) is 3.88 Å². The molecule has 0 bridgehead atoms. The van der Waals surface area contributed by atoms with Crippen LogP contribution >= 0.6 is 0 Å². The fraction of sp³-hybridized carbons (Fsp3) is 0.370. The SMILES string of the molecule is CCCC(C)(CC)c1ccccc1-c1ccc(-c2c(C)cccc2C)c[n+]1C. The summed E-state index contributed by atoms with van der Waals surface area (Å²) in [5.41, 5.74) is 9.61. The maximum atomic E-state index is 2.42. The molecule has 0 saturated carbocycles. The molecule has 3 aromatic rings. The molecule has 0 N–H and O–H groups in total. The molecule has 1 aromatic heterocycles. The van der Waals surface area contributed by atoms with Crippen LogP contribution in [0.4, 0.5) is 0 Å². The van der Waals surface area contributed by atoms with Gasteiger partial charge in [0.2, 0.25) is 5.69 Å². The van der Waals surface area contributed by atoms with Gasteiger partial charge in [-0.3, -0.25) is 0 Å². The van der Waals surface area contributed by atoms with Gasteiger partial charge in [-0.1, -0.05) is 63.6 Å². The second kappa shape index (κ2) is 8.31. The van der Waals surface area contributed by atoms with Crippen molar-refractivity contribution in [2.75, 3.05) is 0 Å². The third-order valence-electron chi connectivity index (χ3n) is 6.34. The largest absolute Gasteiger partial charge is 0.212 e. The Bertz CT molecular complexity index is 949. The molecule has 1 heterocycles. The number of benzene rings is 2. The van der Waals surface area contributed by atoms with Crippen molar-refractivity contribution < 1.29 is 4.57 Å². The van der Waals surface area contributed by atoms with Crippen LogP contribution in [0.15, 0.2) is 60.8 Å². The number of hydrogen-bond donors (Lipinski definition) is 0. The van der Waals surface area contributed by atoms with E-state index < -0.39 is 0 Å². The van der Waals surface area contributed by atoms with E-state index in [0.717, 1.165) is 6.42 Å². The Labute approximate surface area is 171 Å². The molecule has 0 aliphatic rings. The van der Waals surface area contributed by atoms with E-state index in [0.29, 0.717) is 0 Å². The predicted octanol–water partition coefficient (Wildman–Crippen LogP) is 6.93. The first-order chi connectivity index (χ1) is 13.4. The number of pyridine rings is 1. The van der Waals surface area contributed by atoms with Crippen molar-refractivity contribution in [1.29, 1.82) is 0 Å². The normalized spacial score (nSPS) is 13.4. The van der Waals surface area contributed by atoms with Gasteiger partial charge in [-0.05, 0) is 66.5 Å². The molecule has 0 aliphatic carbocycles. The Morgan fingerprint density at radius 1 is 0.857 bits per heavy atom. The van der Waals surface area contributed by atoms with Gasteiger partial charge in [0, 0.05) is 17.2 Å². The predicted molar refractivity (Wildman–Crippen MR) is 121 cm³/mol. The summed E-state index contributed by atoms with van der Waals surface area (Å²) in [5, 5.41) is 0. The molecule has 1 unspecified atom stereocenters.